The molecule has 1 aliphatic heterocycles. The monoisotopic (exact) mass is 365 g/mol. The number of aliphatic imine (C=N–C) groups is 1. The highest BCUT2D eigenvalue weighted by atomic mass is 35.5. The Morgan fingerprint density at radius 3 is 2.92 bits per heavy atom. The van der Waals surface area contributed by atoms with E-state index in [0.717, 1.165) is 27.4 Å². The topological polar surface area (TPSA) is 80.5 Å². The minimum atomic E-state index is -0.494. The first-order valence-corrected chi connectivity index (χ1v) is 9.06. The Labute approximate surface area is 150 Å². The molecular formula is C17H20ClN3O2S. The molecule has 0 bridgehead atoms. The molecule has 0 saturated heterocycles. The lowest BCUT2D eigenvalue weighted by atomic mass is 9.97. The Hall–Kier alpha value is -1.66. The number of carbonyl (C=O) groups is 1. The SMILES string of the molecule is CC(C)(C)C(=O)OC[C@@H]1CSC(c2cc3cc(Cl)cc(N)c3[nH]2)=N1. The van der Waals surface area contributed by atoms with E-state index in [9.17, 15) is 4.79 Å². The fourth-order valence-corrected chi connectivity index (χ4v) is 3.63. The van der Waals surface area contributed by atoms with Gasteiger partial charge in [0.15, 0.2) is 0 Å². The van der Waals surface area contributed by atoms with Crippen molar-refractivity contribution in [2.45, 2.75) is 26.8 Å². The van der Waals surface area contributed by atoms with Crippen LogP contribution < -0.4 is 5.73 Å². The summed E-state index contributed by atoms with van der Waals surface area (Å²) in [6, 6.07) is 5.56. The smallest absolute Gasteiger partial charge is 0.311 e. The predicted octanol–water partition coefficient (Wildman–Crippen LogP) is 3.85. The largest absolute Gasteiger partial charge is 0.463 e. The highest BCUT2D eigenvalue weighted by Crippen LogP contribution is 2.30. The van der Waals surface area contributed by atoms with Gasteiger partial charge in [0, 0.05) is 16.2 Å². The van der Waals surface area contributed by atoms with Gasteiger partial charge in [0.2, 0.25) is 0 Å². The number of ether oxygens (including phenoxy) is 1. The van der Waals surface area contributed by atoms with Gasteiger partial charge in [-0.1, -0.05) is 11.6 Å². The lowest BCUT2D eigenvalue weighted by molar-refractivity contribution is -0.153. The number of aromatic nitrogens is 1. The summed E-state index contributed by atoms with van der Waals surface area (Å²) in [5.41, 5.74) is 7.89. The zero-order valence-corrected chi connectivity index (χ0v) is 15.4. The molecule has 0 aliphatic carbocycles. The molecule has 2 heterocycles. The van der Waals surface area contributed by atoms with Crippen LogP contribution in [0.15, 0.2) is 23.2 Å². The lowest BCUT2D eigenvalue weighted by Crippen LogP contribution is -2.26. The number of hydrogen-bond donors (Lipinski definition) is 2. The molecule has 1 aromatic carbocycles. The maximum absolute atomic E-state index is 11.8. The summed E-state index contributed by atoms with van der Waals surface area (Å²) in [5.74, 6) is 0.586. The van der Waals surface area contributed by atoms with Gasteiger partial charge in [-0.15, -0.1) is 11.8 Å². The first-order valence-electron chi connectivity index (χ1n) is 7.70. The van der Waals surface area contributed by atoms with Gasteiger partial charge in [-0.3, -0.25) is 9.79 Å². The molecule has 5 nitrogen and oxygen atoms in total. The highest BCUT2D eigenvalue weighted by Gasteiger charge is 2.26. The van der Waals surface area contributed by atoms with Gasteiger partial charge in [-0.25, -0.2) is 0 Å². The third-order valence-corrected chi connectivity index (χ3v) is 5.05. The molecule has 3 N–H and O–H groups in total. The van der Waals surface area contributed by atoms with Crippen LogP contribution in [0.5, 0.6) is 0 Å². The molecule has 128 valence electrons. The van der Waals surface area contributed by atoms with E-state index >= 15 is 0 Å². The van der Waals surface area contributed by atoms with E-state index < -0.39 is 5.41 Å². The Kier molecular flexibility index (Phi) is 4.53. The number of hydrogen-bond acceptors (Lipinski definition) is 5. The third kappa shape index (κ3) is 3.54. The number of thioether (sulfide) groups is 1. The standard InChI is InChI=1S/C17H20ClN3O2S/c1-17(2,3)16(22)23-7-11-8-24-15(20-11)13-5-9-4-10(18)6-12(19)14(9)21-13/h4-6,11,21H,7-8,19H2,1-3H3/t11-/m1/s1. The van der Waals surface area contributed by atoms with Crippen molar-refractivity contribution in [3.8, 4) is 0 Å². The van der Waals surface area contributed by atoms with Crippen molar-refractivity contribution >= 4 is 51.0 Å². The van der Waals surface area contributed by atoms with Crippen LogP contribution in [0.2, 0.25) is 5.02 Å². The summed E-state index contributed by atoms with van der Waals surface area (Å²) in [5, 5.41) is 2.47. The normalized spacial score (nSPS) is 18.0. The Morgan fingerprint density at radius 2 is 2.21 bits per heavy atom. The zero-order chi connectivity index (χ0) is 17.5. The second kappa shape index (κ2) is 6.33. The van der Waals surface area contributed by atoms with E-state index in [2.05, 4.69) is 9.98 Å². The van der Waals surface area contributed by atoms with E-state index in [4.69, 9.17) is 22.1 Å². The highest BCUT2D eigenvalue weighted by molar-refractivity contribution is 8.14. The summed E-state index contributed by atoms with van der Waals surface area (Å²) >= 11 is 7.69. The van der Waals surface area contributed by atoms with Crippen LogP contribution in [0.25, 0.3) is 10.9 Å². The van der Waals surface area contributed by atoms with Crippen LogP contribution in [0, 0.1) is 5.41 Å². The molecule has 0 unspecified atom stereocenters. The zero-order valence-electron chi connectivity index (χ0n) is 13.9. The molecule has 24 heavy (non-hydrogen) atoms. The summed E-state index contributed by atoms with van der Waals surface area (Å²) in [7, 11) is 0. The number of halogens is 1. The third-order valence-electron chi connectivity index (χ3n) is 3.69. The van der Waals surface area contributed by atoms with Crippen molar-refractivity contribution in [1.29, 1.82) is 0 Å². The second-order valence-electron chi connectivity index (χ2n) is 6.89. The van der Waals surface area contributed by atoms with Crippen molar-refractivity contribution in [2.24, 2.45) is 10.4 Å². The van der Waals surface area contributed by atoms with Gasteiger partial charge in [0.1, 0.15) is 11.7 Å². The van der Waals surface area contributed by atoms with Crippen LogP contribution in [0.4, 0.5) is 5.69 Å². The van der Waals surface area contributed by atoms with E-state index in [0.29, 0.717) is 17.3 Å². The van der Waals surface area contributed by atoms with Crippen LogP contribution in [-0.4, -0.2) is 34.4 Å². The number of anilines is 1. The van der Waals surface area contributed by atoms with Crippen molar-refractivity contribution in [2.75, 3.05) is 18.1 Å². The van der Waals surface area contributed by atoms with Gasteiger partial charge >= 0.3 is 5.97 Å². The molecule has 0 radical (unpaired) electrons. The molecular weight excluding hydrogens is 346 g/mol. The number of aromatic amines is 1. The van der Waals surface area contributed by atoms with E-state index in [1.807, 2.05) is 32.9 Å². The summed E-state index contributed by atoms with van der Waals surface area (Å²) in [6.07, 6.45) is 0. The summed E-state index contributed by atoms with van der Waals surface area (Å²) < 4.78 is 5.36. The number of nitrogens with zero attached hydrogens (tertiary/aromatic N) is 1. The Morgan fingerprint density at radius 1 is 1.46 bits per heavy atom. The van der Waals surface area contributed by atoms with Crippen molar-refractivity contribution < 1.29 is 9.53 Å². The molecule has 1 aromatic heterocycles. The number of nitrogen functional groups attached to an aromatic ring is 1. The summed E-state index contributed by atoms with van der Waals surface area (Å²) in [6.45, 7) is 5.83. The Balaban J connectivity index is 1.74. The lowest BCUT2D eigenvalue weighted by Gasteiger charge is -2.17. The number of fused-ring (bicyclic) bond motifs is 1. The molecule has 0 amide bonds. The van der Waals surface area contributed by atoms with Crippen LogP contribution in [0.3, 0.4) is 0 Å². The maximum atomic E-state index is 11.8. The first kappa shape index (κ1) is 17.2. The van der Waals surface area contributed by atoms with Gasteiger partial charge in [-0.05, 0) is 39.0 Å². The number of esters is 1. The minimum absolute atomic E-state index is 0.0244. The first-order chi connectivity index (χ1) is 11.2. The van der Waals surface area contributed by atoms with Crippen molar-refractivity contribution in [3.05, 3.63) is 28.9 Å². The molecule has 0 saturated carbocycles. The van der Waals surface area contributed by atoms with Gasteiger partial charge in [0.25, 0.3) is 0 Å². The minimum Gasteiger partial charge on any atom is -0.463 e. The van der Waals surface area contributed by atoms with Crippen LogP contribution in [-0.2, 0) is 9.53 Å². The predicted molar refractivity (Wildman–Crippen MR) is 101 cm³/mol. The summed E-state index contributed by atoms with van der Waals surface area (Å²) in [4.78, 5) is 19.8. The number of nitrogens with one attached hydrogen (secondary N) is 1. The van der Waals surface area contributed by atoms with Gasteiger partial charge in [0.05, 0.1) is 28.4 Å². The van der Waals surface area contributed by atoms with Crippen LogP contribution >= 0.6 is 23.4 Å². The van der Waals surface area contributed by atoms with Crippen molar-refractivity contribution in [3.63, 3.8) is 0 Å². The molecule has 0 fully saturated rings. The van der Waals surface area contributed by atoms with Gasteiger partial charge in [-0.2, -0.15) is 0 Å². The number of nitrogens with two attached hydrogens (primary N) is 1. The molecule has 1 atom stereocenters. The quantitative estimate of drug-likeness (QED) is 0.639. The van der Waals surface area contributed by atoms with Crippen LogP contribution in [0.1, 0.15) is 26.5 Å². The fourth-order valence-electron chi connectivity index (χ4n) is 2.39. The van der Waals surface area contributed by atoms with E-state index in [1.165, 1.54) is 0 Å². The molecule has 0 spiro atoms. The molecule has 3 rings (SSSR count). The number of benzene rings is 1. The second-order valence-corrected chi connectivity index (χ2v) is 8.33. The average Bonchev–Trinajstić information content (AvgIpc) is 3.09. The molecule has 7 heteroatoms. The Bertz CT molecular complexity index is 823. The fraction of sp³-hybridized carbons (Fsp3) is 0.412. The maximum Gasteiger partial charge on any atom is 0.311 e. The number of rotatable bonds is 3. The average molecular weight is 366 g/mol. The number of H-pyrrole nitrogens is 1. The van der Waals surface area contributed by atoms with Crippen molar-refractivity contribution in [1.82, 2.24) is 4.98 Å². The van der Waals surface area contributed by atoms with E-state index in [-0.39, 0.29) is 12.0 Å². The molecule has 1 aliphatic rings. The number of carbonyl (C=O) groups excluding carboxylic acids is 1. The van der Waals surface area contributed by atoms with E-state index in [1.54, 1.807) is 17.8 Å². The van der Waals surface area contributed by atoms with Gasteiger partial charge < -0.3 is 15.5 Å². The molecule has 2 aromatic rings.